The van der Waals surface area contributed by atoms with E-state index in [2.05, 4.69) is 26.6 Å². The molecular weight excluding hydrogens is 378 g/mol. The van der Waals surface area contributed by atoms with Gasteiger partial charge in [-0.3, -0.25) is 24.1 Å². The van der Waals surface area contributed by atoms with Gasteiger partial charge in [-0.05, 0) is 38.0 Å². The number of benzene rings is 1. The summed E-state index contributed by atoms with van der Waals surface area (Å²) >= 11 is 3.26. The smallest absolute Gasteiger partial charge is 0.262 e. The number of piperidine rings is 1. The van der Waals surface area contributed by atoms with Gasteiger partial charge in [0.1, 0.15) is 12.1 Å². The van der Waals surface area contributed by atoms with E-state index in [1.807, 2.05) is 0 Å². The van der Waals surface area contributed by atoms with Gasteiger partial charge in [-0.1, -0.05) is 15.9 Å². The summed E-state index contributed by atoms with van der Waals surface area (Å²) in [7, 11) is 0. The topological polar surface area (TPSA) is 95.6 Å². The highest BCUT2D eigenvalue weighted by Gasteiger charge is 2.41. The van der Waals surface area contributed by atoms with E-state index in [9.17, 15) is 19.2 Å². The molecule has 2 atom stereocenters. The van der Waals surface area contributed by atoms with Crippen LogP contribution in [0.2, 0.25) is 0 Å². The number of hydrogen-bond donors (Lipinski definition) is 2. The summed E-state index contributed by atoms with van der Waals surface area (Å²) in [5.74, 6) is -1.77. The van der Waals surface area contributed by atoms with Crippen LogP contribution in [0.5, 0.6) is 0 Å². The first-order valence-electron chi connectivity index (χ1n) is 7.65. The lowest BCUT2D eigenvalue weighted by Gasteiger charge is -2.27. The number of imide groups is 1. The SMILES string of the molecule is C[C@H](C(=O)N[C@@H]1CCCNC1=O)N1C(=O)c2ccc(Br)cc2C1=O. The average molecular weight is 394 g/mol. The van der Waals surface area contributed by atoms with Crippen molar-refractivity contribution >= 4 is 39.6 Å². The standard InChI is InChI=1S/C16H16BrN3O4/c1-8(13(21)19-12-3-2-6-18-14(12)22)20-15(23)10-5-4-9(17)7-11(10)16(20)24/h4-5,7-8,12H,2-3,6H2,1H3,(H,18,22)(H,19,21)/t8-,12-/m1/s1. The molecule has 2 heterocycles. The third-order valence-electron chi connectivity index (χ3n) is 4.25. The van der Waals surface area contributed by atoms with Gasteiger partial charge in [-0.15, -0.1) is 0 Å². The molecule has 0 aromatic heterocycles. The molecule has 1 saturated heterocycles. The second-order valence-electron chi connectivity index (χ2n) is 5.84. The highest BCUT2D eigenvalue weighted by atomic mass is 79.9. The maximum Gasteiger partial charge on any atom is 0.262 e. The normalized spacial score (nSPS) is 21.3. The second kappa shape index (κ2) is 6.35. The van der Waals surface area contributed by atoms with Crippen LogP contribution in [0.4, 0.5) is 0 Å². The number of fused-ring (bicyclic) bond motifs is 1. The van der Waals surface area contributed by atoms with Crippen molar-refractivity contribution in [1.29, 1.82) is 0 Å². The summed E-state index contributed by atoms with van der Waals surface area (Å²) in [6.45, 7) is 2.07. The number of amides is 4. The number of hydrogen-bond acceptors (Lipinski definition) is 4. The molecule has 1 aromatic rings. The molecule has 126 valence electrons. The summed E-state index contributed by atoms with van der Waals surface area (Å²) in [5, 5.41) is 5.30. The molecule has 8 heteroatoms. The van der Waals surface area contributed by atoms with E-state index in [-0.39, 0.29) is 17.0 Å². The zero-order chi connectivity index (χ0) is 17.4. The Kier molecular flexibility index (Phi) is 4.40. The van der Waals surface area contributed by atoms with E-state index in [4.69, 9.17) is 0 Å². The molecule has 2 N–H and O–H groups in total. The molecule has 1 fully saturated rings. The van der Waals surface area contributed by atoms with Crippen LogP contribution in [0.3, 0.4) is 0 Å². The van der Waals surface area contributed by atoms with Crippen molar-refractivity contribution in [1.82, 2.24) is 15.5 Å². The quantitative estimate of drug-likeness (QED) is 0.743. The Morgan fingerprint density at radius 3 is 2.71 bits per heavy atom. The van der Waals surface area contributed by atoms with Gasteiger partial charge < -0.3 is 10.6 Å². The Hall–Kier alpha value is -2.22. The first-order chi connectivity index (χ1) is 11.4. The molecule has 24 heavy (non-hydrogen) atoms. The third-order valence-corrected chi connectivity index (χ3v) is 4.74. The number of halogens is 1. The van der Waals surface area contributed by atoms with Crippen LogP contribution in [0.25, 0.3) is 0 Å². The molecule has 0 saturated carbocycles. The Morgan fingerprint density at radius 2 is 2.00 bits per heavy atom. The molecule has 4 amide bonds. The highest BCUT2D eigenvalue weighted by molar-refractivity contribution is 9.10. The van der Waals surface area contributed by atoms with Crippen LogP contribution < -0.4 is 10.6 Å². The van der Waals surface area contributed by atoms with E-state index in [1.165, 1.54) is 6.92 Å². The van der Waals surface area contributed by atoms with Gasteiger partial charge in [0.25, 0.3) is 11.8 Å². The summed E-state index contributed by atoms with van der Waals surface area (Å²) < 4.78 is 0.681. The number of carbonyl (C=O) groups is 4. The largest absolute Gasteiger partial charge is 0.354 e. The first kappa shape index (κ1) is 16.6. The molecular formula is C16H16BrN3O4. The van der Waals surface area contributed by atoms with Crippen LogP contribution in [-0.4, -0.2) is 47.2 Å². The van der Waals surface area contributed by atoms with Crippen molar-refractivity contribution in [3.63, 3.8) is 0 Å². The van der Waals surface area contributed by atoms with Crippen molar-refractivity contribution in [2.75, 3.05) is 6.54 Å². The predicted octanol–water partition coefficient (Wildman–Crippen LogP) is 0.828. The molecule has 0 spiro atoms. The molecule has 2 aliphatic heterocycles. The molecule has 0 unspecified atom stereocenters. The molecule has 0 bridgehead atoms. The summed E-state index contributed by atoms with van der Waals surface area (Å²) in [4.78, 5) is 50.0. The minimum atomic E-state index is -0.995. The van der Waals surface area contributed by atoms with Crippen LogP contribution in [0.1, 0.15) is 40.5 Å². The third kappa shape index (κ3) is 2.82. The van der Waals surface area contributed by atoms with Crippen LogP contribution in [0.15, 0.2) is 22.7 Å². The van der Waals surface area contributed by atoms with Gasteiger partial charge in [0, 0.05) is 11.0 Å². The monoisotopic (exact) mass is 393 g/mol. The van der Waals surface area contributed by atoms with E-state index in [0.717, 1.165) is 11.3 Å². The summed E-state index contributed by atoms with van der Waals surface area (Å²) in [5.41, 5.74) is 0.544. The van der Waals surface area contributed by atoms with Crippen LogP contribution in [-0.2, 0) is 9.59 Å². The van der Waals surface area contributed by atoms with E-state index in [0.29, 0.717) is 17.4 Å². The summed E-state index contributed by atoms with van der Waals surface area (Å²) in [6.07, 6.45) is 1.31. The van der Waals surface area contributed by atoms with E-state index < -0.39 is 29.8 Å². The second-order valence-corrected chi connectivity index (χ2v) is 6.76. The fourth-order valence-electron chi connectivity index (χ4n) is 2.90. The minimum Gasteiger partial charge on any atom is -0.354 e. The van der Waals surface area contributed by atoms with Crippen molar-refractivity contribution in [2.45, 2.75) is 31.8 Å². The van der Waals surface area contributed by atoms with E-state index in [1.54, 1.807) is 18.2 Å². The molecule has 0 aliphatic carbocycles. The first-order valence-corrected chi connectivity index (χ1v) is 8.45. The van der Waals surface area contributed by atoms with Gasteiger partial charge in [-0.2, -0.15) is 0 Å². The number of nitrogens with one attached hydrogen (secondary N) is 2. The van der Waals surface area contributed by atoms with Gasteiger partial charge in [-0.25, -0.2) is 0 Å². The van der Waals surface area contributed by atoms with Crippen molar-refractivity contribution in [2.24, 2.45) is 0 Å². The lowest BCUT2D eigenvalue weighted by Crippen LogP contribution is -2.55. The molecule has 2 aliphatic rings. The average Bonchev–Trinajstić information content (AvgIpc) is 2.79. The fraction of sp³-hybridized carbons (Fsp3) is 0.375. The zero-order valence-corrected chi connectivity index (χ0v) is 14.6. The molecule has 1 aromatic carbocycles. The van der Waals surface area contributed by atoms with Gasteiger partial charge in [0.2, 0.25) is 11.8 Å². The maximum absolute atomic E-state index is 12.5. The number of nitrogens with zero attached hydrogens (tertiary/aromatic N) is 1. The Labute approximate surface area is 146 Å². The number of carbonyl (C=O) groups excluding carboxylic acids is 4. The lowest BCUT2D eigenvalue weighted by molar-refractivity contribution is -0.131. The van der Waals surface area contributed by atoms with Gasteiger partial charge in [0.15, 0.2) is 0 Å². The fourth-order valence-corrected chi connectivity index (χ4v) is 3.26. The Bertz CT molecular complexity index is 749. The van der Waals surface area contributed by atoms with Crippen LogP contribution >= 0.6 is 15.9 Å². The van der Waals surface area contributed by atoms with Crippen molar-refractivity contribution in [3.8, 4) is 0 Å². The predicted molar refractivity (Wildman–Crippen MR) is 88.3 cm³/mol. The summed E-state index contributed by atoms with van der Waals surface area (Å²) in [6, 6.07) is 3.17. The van der Waals surface area contributed by atoms with E-state index >= 15 is 0 Å². The molecule has 7 nitrogen and oxygen atoms in total. The molecule has 3 rings (SSSR count). The van der Waals surface area contributed by atoms with Crippen molar-refractivity contribution < 1.29 is 19.2 Å². The Balaban J connectivity index is 1.76. The van der Waals surface area contributed by atoms with Crippen LogP contribution in [0, 0.1) is 0 Å². The maximum atomic E-state index is 12.5. The van der Waals surface area contributed by atoms with Gasteiger partial charge >= 0.3 is 0 Å². The van der Waals surface area contributed by atoms with Crippen molar-refractivity contribution in [3.05, 3.63) is 33.8 Å². The zero-order valence-electron chi connectivity index (χ0n) is 13.0. The lowest BCUT2D eigenvalue weighted by atomic mass is 10.1. The highest BCUT2D eigenvalue weighted by Crippen LogP contribution is 2.27. The Morgan fingerprint density at radius 1 is 1.29 bits per heavy atom. The number of rotatable bonds is 3. The van der Waals surface area contributed by atoms with Gasteiger partial charge in [0.05, 0.1) is 11.1 Å². The molecule has 0 radical (unpaired) electrons. The minimum absolute atomic E-state index is 0.243.